The quantitative estimate of drug-likeness (QED) is 0.504. The standard InChI is InChI=1S/C10H15BrN2S/c1-6(2)4-8(13-12)9-5-7(3)10(11)14-9/h4-5,8,13H,12H2,1-3H3. The van der Waals surface area contributed by atoms with Gasteiger partial charge < -0.3 is 0 Å². The number of nitrogens with two attached hydrogens (primary N) is 1. The van der Waals surface area contributed by atoms with Gasteiger partial charge in [-0.25, -0.2) is 5.43 Å². The van der Waals surface area contributed by atoms with Crippen LogP contribution in [0.5, 0.6) is 0 Å². The van der Waals surface area contributed by atoms with E-state index in [1.807, 2.05) is 0 Å². The molecule has 0 fully saturated rings. The van der Waals surface area contributed by atoms with E-state index in [2.05, 4.69) is 54.3 Å². The number of hydrogen-bond acceptors (Lipinski definition) is 3. The normalized spacial score (nSPS) is 12.6. The molecule has 0 radical (unpaired) electrons. The maximum atomic E-state index is 5.51. The zero-order valence-corrected chi connectivity index (χ0v) is 11.0. The van der Waals surface area contributed by atoms with Gasteiger partial charge in [-0.2, -0.15) is 0 Å². The maximum absolute atomic E-state index is 5.51. The molecule has 1 aromatic rings. The smallest absolute Gasteiger partial charge is 0.0736 e. The summed E-state index contributed by atoms with van der Waals surface area (Å²) < 4.78 is 1.18. The van der Waals surface area contributed by atoms with Crippen molar-refractivity contribution in [1.29, 1.82) is 0 Å². The third-order valence-electron chi connectivity index (χ3n) is 1.86. The number of hydrazine groups is 1. The molecule has 2 nitrogen and oxygen atoms in total. The van der Waals surface area contributed by atoms with E-state index in [-0.39, 0.29) is 6.04 Å². The molecule has 4 heteroatoms. The molecule has 0 saturated carbocycles. The van der Waals surface area contributed by atoms with Gasteiger partial charge in [-0.1, -0.05) is 11.6 Å². The molecule has 0 spiro atoms. The minimum Gasteiger partial charge on any atom is -0.271 e. The van der Waals surface area contributed by atoms with Crippen molar-refractivity contribution in [1.82, 2.24) is 5.43 Å². The Morgan fingerprint density at radius 3 is 2.64 bits per heavy atom. The lowest BCUT2D eigenvalue weighted by molar-refractivity contribution is 0.661. The number of hydrogen-bond donors (Lipinski definition) is 2. The van der Waals surface area contributed by atoms with Crippen LogP contribution in [-0.4, -0.2) is 0 Å². The van der Waals surface area contributed by atoms with Gasteiger partial charge in [0.25, 0.3) is 0 Å². The molecule has 1 rings (SSSR count). The topological polar surface area (TPSA) is 38.0 Å². The van der Waals surface area contributed by atoms with E-state index in [1.165, 1.54) is 19.8 Å². The zero-order chi connectivity index (χ0) is 10.7. The van der Waals surface area contributed by atoms with Crippen molar-refractivity contribution in [3.05, 3.63) is 31.9 Å². The van der Waals surface area contributed by atoms with E-state index in [4.69, 9.17) is 5.84 Å². The first-order valence-electron chi connectivity index (χ1n) is 4.41. The van der Waals surface area contributed by atoms with Gasteiger partial charge in [0.2, 0.25) is 0 Å². The Labute approximate surface area is 97.3 Å². The van der Waals surface area contributed by atoms with E-state index < -0.39 is 0 Å². The van der Waals surface area contributed by atoms with Crippen LogP contribution in [0.1, 0.15) is 30.3 Å². The van der Waals surface area contributed by atoms with Crippen LogP contribution in [0.2, 0.25) is 0 Å². The fourth-order valence-corrected chi connectivity index (χ4v) is 2.78. The van der Waals surface area contributed by atoms with Crippen molar-refractivity contribution in [3.63, 3.8) is 0 Å². The molecule has 0 amide bonds. The molecule has 0 aromatic carbocycles. The van der Waals surface area contributed by atoms with Gasteiger partial charge in [0, 0.05) is 4.88 Å². The van der Waals surface area contributed by atoms with Crippen LogP contribution < -0.4 is 11.3 Å². The largest absolute Gasteiger partial charge is 0.271 e. The second-order valence-electron chi connectivity index (χ2n) is 3.49. The van der Waals surface area contributed by atoms with Crippen LogP contribution >= 0.6 is 27.3 Å². The molecular weight excluding hydrogens is 260 g/mol. The SMILES string of the molecule is CC(C)=CC(NN)c1cc(C)c(Br)s1. The fraction of sp³-hybridized carbons (Fsp3) is 0.400. The summed E-state index contributed by atoms with van der Waals surface area (Å²) >= 11 is 5.23. The molecule has 0 saturated heterocycles. The Hall–Kier alpha value is -0.160. The number of rotatable bonds is 3. The molecule has 3 N–H and O–H groups in total. The number of thiophene rings is 1. The molecule has 1 heterocycles. The summed E-state index contributed by atoms with van der Waals surface area (Å²) in [7, 11) is 0. The van der Waals surface area contributed by atoms with Crippen molar-refractivity contribution in [2.45, 2.75) is 26.8 Å². The third kappa shape index (κ3) is 2.92. The first-order valence-corrected chi connectivity index (χ1v) is 6.02. The van der Waals surface area contributed by atoms with Gasteiger partial charge in [-0.15, -0.1) is 11.3 Å². The van der Waals surface area contributed by atoms with Crippen molar-refractivity contribution in [2.75, 3.05) is 0 Å². The van der Waals surface area contributed by atoms with Crippen LogP contribution in [0.25, 0.3) is 0 Å². The Morgan fingerprint density at radius 1 is 1.64 bits per heavy atom. The van der Waals surface area contributed by atoms with Crippen LogP contribution in [-0.2, 0) is 0 Å². The number of aryl methyl sites for hydroxylation is 1. The summed E-state index contributed by atoms with van der Waals surface area (Å²) in [6, 6.07) is 2.27. The maximum Gasteiger partial charge on any atom is 0.0736 e. The Morgan fingerprint density at radius 2 is 2.29 bits per heavy atom. The van der Waals surface area contributed by atoms with E-state index >= 15 is 0 Å². The summed E-state index contributed by atoms with van der Waals surface area (Å²) in [6.07, 6.45) is 2.12. The second-order valence-corrected chi connectivity index (χ2v) is 5.90. The summed E-state index contributed by atoms with van der Waals surface area (Å²) in [6.45, 7) is 6.22. The fourth-order valence-electron chi connectivity index (χ4n) is 1.18. The summed E-state index contributed by atoms with van der Waals surface area (Å²) in [5, 5.41) is 0. The van der Waals surface area contributed by atoms with E-state index in [9.17, 15) is 0 Å². The molecule has 14 heavy (non-hydrogen) atoms. The molecule has 0 aliphatic heterocycles. The Balaban J connectivity index is 2.95. The summed E-state index contributed by atoms with van der Waals surface area (Å²) in [4.78, 5) is 1.23. The number of nitrogens with one attached hydrogen (secondary N) is 1. The van der Waals surface area contributed by atoms with E-state index in [0.29, 0.717) is 0 Å². The Bertz CT molecular complexity index is 320. The van der Waals surface area contributed by atoms with Crippen molar-refractivity contribution < 1.29 is 0 Å². The molecule has 0 bridgehead atoms. The molecule has 1 unspecified atom stereocenters. The average molecular weight is 275 g/mol. The molecule has 0 aliphatic carbocycles. The van der Waals surface area contributed by atoms with E-state index in [1.54, 1.807) is 11.3 Å². The van der Waals surface area contributed by atoms with Crippen molar-refractivity contribution in [2.24, 2.45) is 5.84 Å². The van der Waals surface area contributed by atoms with Gasteiger partial charge in [0.05, 0.1) is 9.83 Å². The highest BCUT2D eigenvalue weighted by molar-refractivity contribution is 9.11. The van der Waals surface area contributed by atoms with Crippen LogP contribution in [0.4, 0.5) is 0 Å². The van der Waals surface area contributed by atoms with Gasteiger partial charge in [-0.3, -0.25) is 5.84 Å². The zero-order valence-electron chi connectivity index (χ0n) is 8.60. The van der Waals surface area contributed by atoms with E-state index in [0.717, 1.165) is 0 Å². The highest BCUT2D eigenvalue weighted by Crippen LogP contribution is 2.31. The van der Waals surface area contributed by atoms with Crippen molar-refractivity contribution >= 4 is 27.3 Å². The third-order valence-corrected chi connectivity index (χ3v) is 4.08. The lowest BCUT2D eigenvalue weighted by atomic mass is 10.1. The minimum atomic E-state index is 0.120. The predicted molar refractivity (Wildman–Crippen MR) is 66.3 cm³/mol. The summed E-state index contributed by atoms with van der Waals surface area (Å²) in [5.41, 5.74) is 5.32. The number of allylic oxidation sites excluding steroid dienone is 1. The van der Waals surface area contributed by atoms with Gasteiger partial charge in [-0.05, 0) is 48.3 Å². The Kier molecular flexibility index (Phi) is 4.31. The minimum absolute atomic E-state index is 0.120. The lowest BCUT2D eigenvalue weighted by Gasteiger charge is -2.09. The van der Waals surface area contributed by atoms with Gasteiger partial charge in [0.1, 0.15) is 0 Å². The molecule has 78 valence electrons. The highest BCUT2D eigenvalue weighted by Gasteiger charge is 2.10. The summed E-state index contributed by atoms with van der Waals surface area (Å²) in [5.74, 6) is 5.51. The van der Waals surface area contributed by atoms with Crippen LogP contribution in [0.3, 0.4) is 0 Å². The predicted octanol–water partition coefficient (Wildman–Crippen LogP) is 3.29. The van der Waals surface area contributed by atoms with Crippen LogP contribution in [0, 0.1) is 6.92 Å². The average Bonchev–Trinajstić information content (AvgIpc) is 2.42. The van der Waals surface area contributed by atoms with Crippen LogP contribution in [0.15, 0.2) is 21.5 Å². The lowest BCUT2D eigenvalue weighted by Crippen LogP contribution is -2.26. The molecule has 1 aromatic heterocycles. The monoisotopic (exact) mass is 274 g/mol. The number of halogens is 1. The molecule has 1 atom stereocenters. The molecule has 0 aliphatic rings. The highest BCUT2D eigenvalue weighted by atomic mass is 79.9. The first-order chi connectivity index (χ1) is 6.54. The van der Waals surface area contributed by atoms with Gasteiger partial charge in [0.15, 0.2) is 0 Å². The van der Waals surface area contributed by atoms with Gasteiger partial charge >= 0.3 is 0 Å². The van der Waals surface area contributed by atoms with Crippen molar-refractivity contribution in [3.8, 4) is 0 Å². The molecular formula is C10H15BrN2S. The first kappa shape index (κ1) is 11.9. The second kappa shape index (κ2) is 5.07.